The summed E-state index contributed by atoms with van der Waals surface area (Å²) in [6.07, 6.45) is 33.5. The predicted octanol–water partition coefficient (Wildman–Crippen LogP) is 14.0. The highest BCUT2D eigenvalue weighted by atomic mass is 16.5. The molecule has 0 saturated carbocycles. The van der Waals surface area contributed by atoms with E-state index in [-0.39, 0.29) is 11.5 Å². The standard InChI is InChI=1S/C49H78O4/c1-36(2)20-13-21-37(3)22-14-23-38(4)24-15-25-39(5)26-16-27-40(6)28-17-29-41(7)30-18-31-42(8)32-19-33-43(9)34-35-45-44(10)46(50)48(52-11)49(53-12)47(45)51/h20,22,24,26,28,30,32,34,46-47,50-51H,13-19,21,23,25,27,29,31,33,35H2,1-12H3. The summed E-state index contributed by atoms with van der Waals surface area (Å²) < 4.78 is 10.6. The summed E-state index contributed by atoms with van der Waals surface area (Å²) in [5, 5.41) is 21.4. The van der Waals surface area contributed by atoms with Crippen LogP contribution in [-0.4, -0.2) is 36.6 Å². The second kappa shape index (κ2) is 27.5. The molecule has 0 aromatic rings. The fourth-order valence-electron chi connectivity index (χ4n) is 6.58. The zero-order valence-corrected chi connectivity index (χ0v) is 36.1. The number of ether oxygens (including phenoxy) is 2. The largest absolute Gasteiger partial charge is 0.494 e. The highest BCUT2D eigenvalue weighted by Crippen LogP contribution is 2.33. The van der Waals surface area contributed by atoms with Crippen molar-refractivity contribution in [3.8, 4) is 0 Å². The van der Waals surface area contributed by atoms with Gasteiger partial charge in [-0.3, -0.25) is 0 Å². The number of aliphatic hydroxyl groups excluding tert-OH is 2. The molecule has 4 heteroatoms. The Morgan fingerprint density at radius 2 is 0.698 bits per heavy atom. The molecule has 0 aromatic carbocycles. The predicted molar refractivity (Wildman–Crippen MR) is 231 cm³/mol. The Morgan fingerprint density at radius 1 is 0.434 bits per heavy atom. The molecule has 1 aliphatic rings. The van der Waals surface area contributed by atoms with Crippen molar-refractivity contribution in [2.24, 2.45) is 0 Å². The van der Waals surface area contributed by atoms with E-state index >= 15 is 0 Å². The lowest BCUT2D eigenvalue weighted by Crippen LogP contribution is -2.31. The Labute approximate surface area is 326 Å². The van der Waals surface area contributed by atoms with Gasteiger partial charge in [0.15, 0.2) is 11.5 Å². The van der Waals surface area contributed by atoms with Gasteiger partial charge >= 0.3 is 0 Å². The van der Waals surface area contributed by atoms with E-state index in [9.17, 15) is 10.2 Å². The van der Waals surface area contributed by atoms with E-state index in [1.807, 2.05) is 6.92 Å². The zero-order valence-electron chi connectivity index (χ0n) is 36.1. The maximum absolute atomic E-state index is 10.8. The van der Waals surface area contributed by atoms with Crippen LogP contribution in [0.1, 0.15) is 166 Å². The van der Waals surface area contributed by atoms with Gasteiger partial charge in [0.1, 0.15) is 12.2 Å². The Hall–Kier alpha value is -3.08. The van der Waals surface area contributed by atoms with Crippen LogP contribution < -0.4 is 0 Å². The van der Waals surface area contributed by atoms with Crippen LogP contribution in [0.2, 0.25) is 0 Å². The number of rotatable bonds is 25. The Bertz CT molecular complexity index is 1430. The molecule has 4 nitrogen and oxygen atoms in total. The number of aliphatic hydroxyl groups is 2. The lowest BCUT2D eigenvalue weighted by molar-refractivity contribution is 0.0794. The van der Waals surface area contributed by atoms with Gasteiger partial charge in [0.2, 0.25) is 0 Å². The first-order chi connectivity index (χ1) is 25.2. The van der Waals surface area contributed by atoms with Gasteiger partial charge in [0.05, 0.1) is 14.2 Å². The quantitative estimate of drug-likeness (QED) is 0.0918. The summed E-state index contributed by atoms with van der Waals surface area (Å²) in [6, 6.07) is 0. The average molecular weight is 731 g/mol. The van der Waals surface area contributed by atoms with Crippen molar-refractivity contribution in [2.75, 3.05) is 14.2 Å². The summed E-state index contributed by atoms with van der Waals surface area (Å²) in [6.45, 7) is 22.0. The van der Waals surface area contributed by atoms with E-state index in [1.165, 1.54) is 71.6 Å². The number of methoxy groups -OCH3 is 2. The molecule has 0 heterocycles. The van der Waals surface area contributed by atoms with Crippen LogP contribution in [0.3, 0.4) is 0 Å². The van der Waals surface area contributed by atoms with Gasteiger partial charge in [0, 0.05) is 0 Å². The third-order valence-corrected chi connectivity index (χ3v) is 10.4. The van der Waals surface area contributed by atoms with Gasteiger partial charge in [-0.1, -0.05) is 93.2 Å². The fraction of sp³-hybridized carbons (Fsp3) is 0.592. The maximum atomic E-state index is 10.8. The second-order valence-electron chi connectivity index (χ2n) is 15.8. The number of allylic oxidation sites excluding steroid dienone is 16. The van der Waals surface area contributed by atoms with Gasteiger partial charge in [-0.25, -0.2) is 0 Å². The van der Waals surface area contributed by atoms with Gasteiger partial charge in [0.25, 0.3) is 0 Å². The van der Waals surface area contributed by atoms with Crippen LogP contribution in [0.15, 0.2) is 116 Å². The first-order valence-electron chi connectivity index (χ1n) is 20.3. The SMILES string of the molecule is COC1=C(OC)C(O)C(CC=C(C)CCC=C(C)CCC=C(C)CCC=C(C)CCC=C(C)CCC=C(C)CCC=C(C)CCC=C(C)C)=C(C)C1O. The van der Waals surface area contributed by atoms with Gasteiger partial charge in [-0.2, -0.15) is 0 Å². The van der Waals surface area contributed by atoms with Crippen molar-refractivity contribution >= 4 is 0 Å². The van der Waals surface area contributed by atoms with Crippen LogP contribution >= 0.6 is 0 Å². The van der Waals surface area contributed by atoms with Crippen molar-refractivity contribution in [1.29, 1.82) is 0 Å². The van der Waals surface area contributed by atoms with Crippen molar-refractivity contribution in [3.05, 3.63) is 116 Å². The highest BCUT2D eigenvalue weighted by Gasteiger charge is 2.34. The molecule has 0 bridgehead atoms. The Kier molecular flexibility index (Phi) is 24.9. The maximum Gasteiger partial charge on any atom is 0.169 e. The van der Waals surface area contributed by atoms with Crippen LogP contribution in [0.4, 0.5) is 0 Å². The van der Waals surface area contributed by atoms with Crippen LogP contribution in [0.25, 0.3) is 0 Å². The Morgan fingerprint density at radius 3 is 0.981 bits per heavy atom. The van der Waals surface area contributed by atoms with Crippen LogP contribution in [-0.2, 0) is 9.47 Å². The van der Waals surface area contributed by atoms with E-state index in [1.54, 1.807) is 0 Å². The molecule has 2 N–H and O–H groups in total. The van der Waals surface area contributed by atoms with E-state index < -0.39 is 12.2 Å². The summed E-state index contributed by atoms with van der Waals surface area (Å²) >= 11 is 0. The van der Waals surface area contributed by atoms with E-state index in [0.717, 1.165) is 88.2 Å². The van der Waals surface area contributed by atoms with Crippen molar-refractivity contribution in [1.82, 2.24) is 0 Å². The molecule has 0 fully saturated rings. The van der Waals surface area contributed by atoms with E-state index in [0.29, 0.717) is 6.42 Å². The lowest BCUT2D eigenvalue weighted by atomic mass is 9.88. The van der Waals surface area contributed by atoms with Gasteiger partial charge in [-0.15, -0.1) is 0 Å². The first kappa shape index (κ1) is 47.9. The van der Waals surface area contributed by atoms with Gasteiger partial charge < -0.3 is 19.7 Å². The molecule has 2 atom stereocenters. The van der Waals surface area contributed by atoms with Crippen molar-refractivity contribution in [2.45, 2.75) is 178 Å². The molecule has 0 aromatic heterocycles. The van der Waals surface area contributed by atoms with Crippen molar-refractivity contribution < 1.29 is 19.7 Å². The summed E-state index contributed by atoms with van der Waals surface area (Å²) in [4.78, 5) is 0. The van der Waals surface area contributed by atoms with Crippen molar-refractivity contribution in [3.63, 3.8) is 0 Å². The number of hydrogen-bond acceptors (Lipinski definition) is 4. The minimum atomic E-state index is -0.902. The summed E-state index contributed by atoms with van der Waals surface area (Å²) in [5.41, 5.74) is 13.1. The number of hydrogen-bond donors (Lipinski definition) is 2. The monoisotopic (exact) mass is 731 g/mol. The molecule has 0 amide bonds. The molecule has 53 heavy (non-hydrogen) atoms. The van der Waals surface area contributed by atoms with Gasteiger partial charge in [-0.05, 0) is 177 Å². The van der Waals surface area contributed by atoms with E-state index in [4.69, 9.17) is 9.47 Å². The minimum Gasteiger partial charge on any atom is -0.494 e. The molecule has 0 saturated heterocycles. The summed E-state index contributed by atoms with van der Waals surface area (Å²) in [7, 11) is 2.98. The van der Waals surface area contributed by atoms with E-state index in [2.05, 4.69) is 111 Å². The minimum absolute atomic E-state index is 0.282. The van der Waals surface area contributed by atoms with Crippen LogP contribution in [0.5, 0.6) is 0 Å². The Balaban J connectivity index is 2.34. The first-order valence-corrected chi connectivity index (χ1v) is 20.3. The average Bonchev–Trinajstić information content (AvgIpc) is 3.09. The molecular weight excluding hydrogens is 653 g/mol. The molecule has 2 unspecified atom stereocenters. The normalized spacial score (nSPS) is 18.6. The third-order valence-electron chi connectivity index (χ3n) is 10.4. The fourth-order valence-corrected chi connectivity index (χ4v) is 6.58. The molecule has 1 aliphatic carbocycles. The smallest absolute Gasteiger partial charge is 0.169 e. The zero-order chi connectivity index (χ0) is 39.8. The van der Waals surface area contributed by atoms with Crippen LogP contribution in [0, 0.1) is 0 Å². The summed E-state index contributed by atoms with van der Waals surface area (Å²) in [5.74, 6) is 0.570. The molecule has 1 rings (SSSR count). The molecule has 0 radical (unpaired) electrons. The molecular formula is C49H78O4. The second-order valence-corrected chi connectivity index (χ2v) is 15.8. The molecule has 0 aliphatic heterocycles. The topological polar surface area (TPSA) is 58.9 Å². The third kappa shape index (κ3) is 20.8. The molecule has 298 valence electrons. The molecule has 0 spiro atoms. The lowest BCUT2D eigenvalue weighted by Gasteiger charge is -2.30. The highest BCUT2D eigenvalue weighted by molar-refractivity contribution is 5.39.